The summed E-state index contributed by atoms with van der Waals surface area (Å²) in [6.45, 7) is 6.00. The minimum absolute atomic E-state index is 0.247. The summed E-state index contributed by atoms with van der Waals surface area (Å²) in [5.41, 5.74) is 1.05. The molecule has 168 valence electrons. The van der Waals surface area contributed by atoms with Crippen molar-refractivity contribution in [1.82, 2.24) is 5.32 Å². The molecule has 1 amide bonds. The predicted molar refractivity (Wildman–Crippen MR) is 124 cm³/mol. The molecule has 0 saturated carbocycles. The van der Waals surface area contributed by atoms with Crippen LogP contribution in [0.2, 0.25) is 0 Å². The number of para-hydroxylation sites is 2. The average molecular weight is 445 g/mol. The van der Waals surface area contributed by atoms with Crippen molar-refractivity contribution >= 4 is 21.6 Å². The molecule has 31 heavy (non-hydrogen) atoms. The van der Waals surface area contributed by atoms with E-state index >= 15 is 0 Å². The van der Waals surface area contributed by atoms with Crippen molar-refractivity contribution in [1.29, 1.82) is 0 Å². The average Bonchev–Trinajstić information content (AvgIpc) is 2.76. The number of carbonyl (C=O) groups excluding carboxylic acids is 1. The van der Waals surface area contributed by atoms with Crippen LogP contribution in [-0.2, 0) is 14.8 Å². The lowest BCUT2D eigenvalue weighted by atomic mass is 9.83. The van der Waals surface area contributed by atoms with Crippen LogP contribution in [0.5, 0.6) is 5.75 Å². The molecular formula is C24H32N2O4S. The number of sulfonamides is 1. The molecule has 2 aromatic rings. The highest BCUT2D eigenvalue weighted by atomic mass is 32.2. The Labute approximate surface area is 185 Å². The lowest BCUT2D eigenvalue weighted by Gasteiger charge is -2.42. The number of benzene rings is 2. The fourth-order valence-electron chi connectivity index (χ4n) is 4.33. The predicted octanol–water partition coefficient (Wildman–Crippen LogP) is 4.43. The van der Waals surface area contributed by atoms with Crippen LogP contribution in [0.1, 0.15) is 58.1 Å². The van der Waals surface area contributed by atoms with Crippen LogP contribution in [-0.4, -0.2) is 32.2 Å². The van der Waals surface area contributed by atoms with E-state index in [0.29, 0.717) is 18.5 Å². The first-order chi connectivity index (χ1) is 14.7. The Hall–Kier alpha value is -2.54. The van der Waals surface area contributed by atoms with Gasteiger partial charge in [0.25, 0.3) is 0 Å². The van der Waals surface area contributed by atoms with Crippen molar-refractivity contribution in [2.45, 2.75) is 64.1 Å². The Bertz CT molecular complexity index is 1000. The Morgan fingerprint density at radius 2 is 1.71 bits per heavy atom. The molecule has 2 atom stereocenters. The molecule has 1 aliphatic heterocycles. The smallest absolute Gasteiger partial charge is 0.244 e. The highest BCUT2D eigenvalue weighted by molar-refractivity contribution is 7.92. The zero-order valence-electron chi connectivity index (χ0n) is 18.7. The fourth-order valence-corrected chi connectivity index (χ4v) is 5.54. The number of rotatable bonds is 8. The van der Waals surface area contributed by atoms with Gasteiger partial charge in [-0.2, -0.15) is 0 Å². The monoisotopic (exact) mass is 444 g/mol. The van der Waals surface area contributed by atoms with Gasteiger partial charge in [0, 0.05) is 12.0 Å². The van der Waals surface area contributed by atoms with Crippen LogP contribution in [0.4, 0.5) is 5.69 Å². The quantitative estimate of drug-likeness (QED) is 0.654. The van der Waals surface area contributed by atoms with E-state index in [1.807, 2.05) is 37.3 Å². The summed E-state index contributed by atoms with van der Waals surface area (Å²) in [6.07, 6.45) is 3.77. The van der Waals surface area contributed by atoms with Crippen LogP contribution in [0, 0.1) is 0 Å². The van der Waals surface area contributed by atoms with E-state index in [1.54, 1.807) is 24.3 Å². The van der Waals surface area contributed by atoms with E-state index < -0.39 is 16.1 Å². The van der Waals surface area contributed by atoms with Crippen molar-refractivity contribution in [3.05, 3.63) is 60.2 Å². The molecule has 0 radical (unpaired) electrons. The molecule has 0 saturated heterocycles. The third-order valence-electron chi connectivity index (χ3n) is 6.14. The van der Waals surface area contributed by atoms with Crippen molar-refractivity contribution < 1.29 is 17.9 Å². The number of fused-ring (bicyclic) bond motifs is 1. The van der Waals surface area contributed by atoms with Crippen molar-refractivity contribution in [2.24, 2.45) is 0 Å². The molecule has 7 heteroatoms. The molecule has 3 rings (SSSR count). The number of ether oxygens (including phenoxy) is 1. The van der Waals surface area contributed by atoms with Gasteiger partial charge in [0.2, 0.25) is 15.9 Å². The first kappa shape index (κ1) is 23.1. The lowest BCUT2D eigenvalue weighted by Crippen LogP contribution is -2.52. The van der Waals surface area contributed by atoms with E-state index in [4.69, 9.17) is 4.74 Å². The van der Waals surface area contributed by atoms with Gasteiger partial charge < -0.3 is 10.1 Å². The van der Waals surface area contributed by atoms with Gasteiger partial charge in [0.05, 0.1) is 18.0 Å². The van der Waals surface area contributed by atoms with Gasteiger partial charge in [0.1, 0.15) is 17.4 Å². The molecular weight excluding hydrogens is 412 g/mol. The maximum atomic E-state index is 13.4. The van der Waals surface area contributed by atoms with E-state index in [1.165, 1.54) is 4.31 Å². The van der Waals surface area contributed by atoms with Gasteiger partial charge in [-0.3, -0.25) is 9.10 Å². The maximum Gasteiger partial charge on any atom is 0.244 e. The maximum absolute atomic E-state index is 13.4. The Morgan fingerprint density at radius 3 is 2.29 bits per heavy atom. The highest BCUT2D eigenvalue weighted by Gasteiger charge is 2.40. The number of anilines is 1. The summed E-state index contributed by atoms with van der Waals surface area (Å²) >= 11 is 0. The summed E-state index contributed by atoms with van der Waals surface area (Å²) in [4.78, 5) is 13.4. The number of hydrogen-bond acceptors (Lipinski definition) is 4. The fraction of sp³-hybridized carbons (Fsp3) is 0.458. The van der Waals surface area contributed by atoms with Crippen molar-refractivity contribution in [3.8, 4) is 5.75 Å². The SMILES string of the molecule is CC[C@H](C(=O)N[C@H]1CC(CC)(CC)Oc2ccccc21)N(c1ccccc1)S(C)(=O)=O. The Kier molecular flexibility index (Phi) is 6.94. The molecule has 0 fully saturated rings. The zero-order valence-corrected chi connectivity index (χ0v) is 19.5. The molecule has 1 heterocycles. The van der Waals surface area contributed by atoms with Gasteiger partial charge in [-0.05, 0) is 37.5 Å². The van der Waals surface area contributed by atoms with Gasteiger partial charge in [-0.25, -0.2) is 8.42 Å². The number of hydrogen-bond donors (Lipinski definition) is 1. The molecule has 0 unspecified atom stereocenters. The van der Waals surface area contributed by atoms with E-state index in [2.05, 4.69) is 19.2 Å². The lowest BCUT2D eigenvalue weighted by molar-refractivity contribution is -0.123. The minimum Gasteiger partial charge on any atom is -0.487 e. The summed E-state index contributed by atoms with van der Waals surface area (Å²) in [5, 5.41) is 3.15. The van der Waals surface area contributed by atoms with Crippen molar-refractivity contribution in [2.75, 3.05) is 10.6 Å². The van der Waals surface area contributed by atoms with E-state index in [9.17, 15) is 13.2 Å². The number of nitrogens with zero attached hydrogens (tertiary/aromatic N) is 1. The third kappa shape index (κ3) is 4.87. The molecule has 0 spiro atoms. The van der Waals surface area contributed by atoms with Gasteiger partial charge in [-0.15, -0.1) is 0 Å². The molecule has 0 aromatic heterocycles. The molecule has 2 aromatic carbocycles. The highest BCUT2D eigenvalue weighted by Crippen LogP contribution is 2.42. The first-order valence-electron chi connectivity index (χ1n) is 10.9. The van der Waals surface area contributed by atoms with Crippen molar-refractivity contribution in [3.63, 3.8) is 0 Å². The topological polar surface area (TPSA) is 75.7 Å². The second-order valence-corrected chi connectivity index (χ2v) is 9.97. The molecule has 0 aliphatic carbocycles. The zero-order chi connectivity index (χ0) is 22.6. The summed E-state index contributed by atoms with van der Waals surface area (Å²) in [5.74, 6) is 0.471. The second-order valence-electron chi connectivity index (χ2n) is 8.11. The van der Waals surface area contributed by atoms with E-state index in [0.717, 1.165) is 30.4 Å². The summed E-state index contributed by atoms with van der Waals surface area (Å²) in [6, 6.07) is 15.4. The summed E-state index contributed by atoms with van der Waals surface area (Å²) < 4.78 is 32.9. The standard InChI is InChI=1S/C24H32N2O4S/c1-5-21(26(31(4,28)29)18-13-9-8-10-14-18)23(27)25-20-17-24(6-2,7-3)30-22-16-12-11-15-19(20)22/h8-16,20-21H,5-7,17H2,1-4H3,(H,25,27)/t20-,21+/m0/s1. The van der Waals surface area contributed by atoms with Crippen LogP contribution >= 0.6 is 0 Å². The molecule has 1 N–H and O–H groups in total. The summed E-state index contributed by atoms with van der Waals surface area (Å²) in [7, 11) is -3.66. The number of carbonyl (C=O) groups is 1. The minimum atomic E-state index is -3.66. The Balaban J connectivity index is 1.94. The first-order valence-corrected chi connectivity index (χ1v) is 12.7. The molecule has 1 aliphatic rings. The van der Waals surface area contributed by atoms with Gasteiger partial charge >= 0.3 is 0 Å². The van der Waals surface area contributed by atoms with Crippen LogP contribution < -0.4 is 14.4 Å². The van der Waals surface area contributed by atoms with Gasteiger partial charge in [-0.1, -0.05) is 57.2 Å². The molecule has 0 bridgehead atoms. The number of amides is 1. The van der Waals surface area contributed by atoms with E-state index in [-0.39, 0.29) is 17.6 Å². The van der Waals surface area contributed by atoms with Crippen LogP contribution in [0.15, 0.2) is 54.6 Å². The second kappa shape index (κ2) is 9.30. The largest absolute Gasteiger partial charge is 0.487 e. The molecule has 6 nitrogen and oxygen atoms in total. The van der Waals surface area contributed by atoms with Crippen LogP contribution in [0.3, 0.4) is 0 Å². The normalized spacial score (nSPS) is 18.4. The number of nitrogens with one attached hydrogen (secondary N) is 1. The van der Waals surface area contributed by atoms with Crippen LogP contribution in [0.25, 0.3) is 0 Å². The van der Waals surface area contributed by atoms with Gasteiger partial charge in [0.15, 0.2) is 0 Å². The third-order valence-corrected chi connectivity index (χ3v) is 7.32. The Morgan fingerprint density at radius 1 is 1.10 bits per heavy atom.